The molecule has 0 aromatic carbocycles. The van der Waals surface area contributed by atoms with Crippen molar-refractivity contribution in [2.24, 2.45) is 50.2 Å². The quantitative estimate of drug-likeness (QED) is 0.0373. The largest absolute Gasteiger partial charge is 0.432 e. The second kappa shape index (κ2) is 24.6. The van der Waals surface area contributed by atoms with E-state index < -0.39 is 189 Å². The average molecular weight is 1240 g/mol. The van der Waals surface area contributed by atoms with Crippen molar-refractivity contribution in [1.82, 2.24) is 0 Å². The highest BCUT2D eigenvalue weighted by Crippen LogP contribution is 2.76. The number of aliphatic hydroxyl groups excluding tert-OH is 16. The summed E-state index contributed by atoms with van der Waals surface area (Å²) in [5.41, 5.74) is -2.19. The summed E-state index contributed by atoms with van der Waals surface area (Å²) >= 11 is 0. The molecule has 4 saturated carbocycles. The summed E-state index contributed by atoms with van der Waals surface area (Å²) in [4.78, 5) is 15.3. The Kier molecular flexibility index (Phi) is 19.2. The summed E-state index contributed by atoms with van der Waals surface area (Å²) in [5.74, 6) is -1.05. The van der Waals surface area contributed by atoms with Crippen LogP contribution in [-0.4, -0.2) is 267 Å². The minimum Gasteiger partial charge on any atom is -0.432 e. The zero-order valence-electron chi connectivity index (χ0n) is 50.2. The average Bonchev–Trinajstić information content (AvgIpc) is 0.679. The lowest BCUT2D eigenvalue weighted by molar-refractivity contribution is -0.386. The molecule has 0 aromatic rings. The van der Waals surface area contributed by atoms with Crippen molar-refractivity contribution in [2.75, 3.05) is 19.8 Å². The number of rotatable bonds is 13. The van der Waals surface area contributed by atoms with Gasteiger partial charge in [-0.3, -0.25) is 4.79 Å². The molecule has 5 aliphatic heterocycles. The van der Waals surface area contributed by atoms with Gasteiger partial charge in [0.1, 0.15) is 104 Å². The second-order valence-electron chi connectivity index (χ2n) is 28.6. The predicted molar refractivity (Wildman–Crippen MR) is 289 cm³/mol. The number of ether oxygens (including phenoxy) is 10. The van der Waals surface area contributed by atoms with Crippen molar-refractivity contribution in [3.63, 3.8) is 0 Å². The maximum Gasteiger partial charge on any atom is 0.315 e. The Hall–Kier alpha value is -1.79. The third-order valence-corrected chi connectivity index (χ3v) is 23.3. The molecule has 27 heteroatoms. The van der Waals surface area contributed by atoms with Gasteiger partial charge in [0.2, 0.25) is 6.29 Å². The van der Waals surface area contributed by atoms with E-state index in [-0.39, 0.29) is 47.2 Å². The maximum absolute atomic E-state index is 15.3. The van der Waals surface area contributed by atoms with E-state index in [0.29, 0.717) is 57.8 Å². The molecule has 9 fully saturated rings. The van der Waals surface area contributed by atoms with Crippen molar-refractivity contribution in [3.8, 4) is 0 Å². The SMILES string of the molecule is CC1OC(OC2C(CO)OC(OC(O)C3OC(OC(=O)C45CCC(C)(C)CC4C4=CCC6C7(C)CCC(OC8OCC(O)C(O)C8OC8OC(C)C(O)C(O)C8O)C(C)(CO)C7CCC6(C)C4(C)CC5)C(O)C(O)C3O)C(O)C2O)C(O)C(O)C1O. The van der Waals surface area contributed by atoms with Gasteiger partial charge in [-0.05, 0) is 117 Å². The minimum atomic E-state index is -2.32. The Morgan fingerprint density at radius 3 is 1.79 bits per heavy atom. The molecule has 0 amide bonds. The molecule has 0 aromatic heterocycles. The van der Waals surface area contributed by atoms with Crippen LogP contribution < -0.4 is 0 Å². The fraction of sp³-hybridized carbons (Fsp3) is 0.949. The smallest absolute Gasteiger partial charge is 0.315 e. The summed E-state index contributed by atoms with van der Waals surface area (Å²) < 4.78 is 58.8. The van der Waals surface area contributed by atoms with Crippen molar-refractivity contribution in [2.45, 2.75) is 279 Å². The standard InChI is InChI=1S/C59H96O27/c1-23-32(63)35(66)40(71)48(78-23)82-44-28(20-60)80-50(43(74)39(44)70)85-47(75)45-38(69)37(68)42(73)51(83-45)86-53(76)59-17-15-54(3,4)19-26(59)25-9-10-30-55(5)13-12-31(56(6,22-61)29(55)11-14-58(30,8)57(25,7)16-18-59)81-52-46(34(65)27(62)21-77-52)84-49-41(72)36(67)33(64)24(2)79-49/h9,23-24,26-52,60-75H,10-22H2,1-8H3. The number of carbonyl (C=O) groups excluding carboxylic acids is 1. The Balaban J connectivity index is 0.842. The van der Waals surface area contributed by atoms with E-state index in [1.54, 1.807) is 0 Å². The van der Waals surface area contributed by atoms with Crippen LogP contribution in [0.5, 0.6) is 0 Å². The van der Waals surface area contributed by atoms with Crippen LogP contribution in [0.4, 0.5) is 0 Å². The number of allylic oxidation sites excluding steroid dienone is 2. The van der Waals surface area contributed by atoms with Gasteiger partial charge < -0.3 is 129 Å². The second-order valence-corrected chi connectivity index (χ2v) is 28.6. The molecule has 5 saturated heterocycles. The maximum atomic E-state index is 15.3. The summed E-state index contributed by atoms with van der Waals surface area (Å²) in [6, 6.07) is 0. The van der Waals surface area contributed by atoms with Crippen LogP contribution >= 0.6 is 0 Å². The molecule has 0 radical (unpaired) electrons. The Labute approximate surface area is 499 Å². The Bertz CT molecular complexity index is 2400. The van der Waals surface area contributed by atoms with Crippen LogP contribution in [0.3, 0.4) is 0 Å². The molecule has 494 valence electrons. The van der Waals surface area contributed by atoms with Gasteiger partial charge in [-0.1, -0.05) is 53.2 Å². The van der Waals surface area contributed by atoms with Crippen molar-refractivity contribution >= 4 is 5.97 Å². The molecule has 5 heterocycles. The number of carbonyl (C=O) groups is 1. The molecule has 10 aliphatic rings. The van der Waals surface area contributed by atoms with Crippen LogP contribution in [-0.2, 0) is 52.2 Å². The molecule has 10 rings (SSSR count). The van der Waals surface area contributed by atoms with Crippen LogP contribution in [0.15, 0.2) is 11.6 Å². The number of esters is 1. The Morgan fingerprint density at radius 1 is 0.593 bits per heavy atom. The van der Waals surface area contributed by atoms with Crippen LogP contribution in [0, 0.1) is 50.2 Å². The summed E-state index contributed by atoms with van der Waals surface area (Å²) in [7, 11) is 0. The molecule has 0 bridgehead atoms. The molecule has 0 spiro atoms. The zero-order chi connectivity index (χ0) is 62.9. The molecular weight excluding hydrogens is 1140 g/mol. The highest BCUT2D eigenvalue weighted by atomic mass is 16.8. The fourth-order valence-electron chi connectivity index (χ4n) is 17.6. The highest BCUT2D eigenvalue weighted by Gasteiger charge is 2.71. The van der Waals surface area contributed by atoms with E-state index in [0.717, 1.165) is 12.0 Å². The molecule has 16 N–H and O–H groups in total. The van der Waals surface area contributed by atoms with E-state index in [9.17, 15) is 81.7 Å². The number of fused-ring (bicyclic) bond motifs is 7. The van der Waals surface area contributed by atoms with Gasteiger partial charge in [-0.2, -0.15) is 0 Å². The van der Waals surface area contributed by atoms with E-state index >= 15 is 4.79 Å². The monoisotopic (exact) mass is 1240 g/mol. The third kappa shape index (κ3) is 11.1. The third-order valence-electron chi connectivity index (χ3n) is 23.3. The van der Waals surface area contributed by atoms with E-state index in [2.05, 4.69) is 40.7 Å². The molecular formula is C59H96O27. The molecule has 34 atom stereocenters. The van der Waals surface area contributed by atoms with E-state index in [1.165, 1.54) is 13.8 Å². The summed E-state index contributed by atoms with van der Waals surface area (Å²) in [5, 5.41) is 174. The number of hydrogen-bond donors (Lipinski definition) is 16. The topological polar surface area (TPSA) is 433 Å². The molecule has 5 aliphatic carbocycles. The lowest BCUT2D eigenvalue weighted by atomic mass is 9.33. The molecule has 27 nitrogen and oxygen atoms in total. The van der Waals surface area contributed by atoms with Gasteiger partial charge >= 0.3 is 5.97 Å². The van der Waals surface area contributed by atoms with Crippen molar-refractivity contribution in [3.05, 3.63) is 11.6 Å². The molecule has 34 unspecified atom stereocenters. The lowest BCUT2D eigenvalue weighted by Crippen LogP contribution is -2.67. The van der Waals surface area contributed by atoms with Crippen LogP contribution in [0.1, 0.15) is 120 Å². The first-order valence-electron chi connectivity index (χ1n) is 30.8. The van der Waals surface area contributed by atoms with Gasteiger partial charge in [-0.15, -0.1) is 0 Å². The van der Waals surface area contributed by atoms with Gasteiger partial charge in [0.05, 0.1) is 43.5 Å². The van der Waals surface area contributed by atoms with E-state index in [4.69, 9.17) is 47.4 Å². The normalized spacial score (nSPS) is 55.1. The van der Waals surface area contributed by atoms with Gasteiger partial charge in [-0.25, -0.2) is 0 Å². The summed E-state index contributed by atoms with van der Waals surface area (Å²) in [6.45, 7) is 14.7. The van der Waals surface area contributed by atoms with Crippen molar-refractivity contribution < 1.29 is 134 Å². The highest BCUT2D eigenvalue weighted by molar-refractivity contribution is 5.79. The van der Waals surface area contributed by atoms with Crippen molar-refractivity contribution in [1.29, 1.82) is 0 Å². The van der Waals surface area contributed by atoms with Crippen LogP contribution in [0.2, 0.25) is 0 Å². The fourth-order valence-corrected chi connectivity index (χ4v) is 17.6. The molecule has 86 heavy (non-hydrogen) atoms. The first-order chi connectivity index (χ1) is 40.2. The van der Waals surface area contributed by atoms with Gasteiger partial charge in [0.15, 0.2) is 31.5 Å². The first kappa shape index (κ1) is 67.1. The number of aliphatic hydroxyl groups is 16. The first-order valence-corrected chi connectivity index (χ1v) is 30.8. The minimum absolute atomic E-state index is 0.0869. The van der Waals surface area contributed by atoms with Gasteiger partial charge in [0.25, 0.3) is 0 Å². The van der Waals surface area contributed by atoms with Gasteiger partial charge in [0, 0.05) is 5.41 Å². The summed E-state index contributed by atoms with van der Waals surface area (Å²) in [6.07, 6.45) is -34.6. The van der Waals surface area contributed by atoms with Crippen LogP contribution in [0.25, 0.3) is 0 Å². The number of hydrogen-bond acceptors (Lipinski definition) is 27. The Morgan fingerprint density at radius 2 is 1.17 bits per heavy atom. The predicted octanol–water partition coefficient (Wildman–Crippen LogP) is -3.23. The zero-order valence-corrected chi connectivity index (χ0v) is 50.2. The van der Waals surface area contributed by atoms with E-state index in [1.807, 2.05) is 6.92 Å². The lowest BCUT2D eigenvalue weighted by Gasteiger charge is -2.71.